The molecule has 1 atom stereocenters. The molecule has 0 saturated carbocycles. The third-order valence-corrected chi connectivity index (χ3v) is 2.02. The van der Waals surface area contributed by atoms with E-state index in [1.165, 1.54) is 6.92 Å². The quantitative estimate of drug-likeness (QED) is 0.740. The van der Waals surface area contributed by atoms with Gasteiger partial charge in [-0.3, -0.25) is 4.79 Å². The van der Waals surface area contributed by atoms with Crippen molar-refractivity contribution in [1.82, 2.24) is 4.90 Å². The average molecular weight is 245 g/mol. The minimum absolute atomic E-state index is 0.120. The molecule has 0 radical (unpaired) electrons. The standard InChI is InChI=1S/C8H11F4NO3/c1-3-4(5(14)15)13(2)7(16)8(11,12)6(9)10/h4,6H,3H2,1-2H3,(H,14,15). The van der Waals surface area contributed by atoms with Gasteiger partial charge in [-0.05, 0) is 6.42 Å². The molecule has 0 heterocycles. The Morgan fingerprint density at radius 2 is 1.81 bits per heavy atom. The first-order valence-corrected chi connectivity index (χ1v) is 4.32. The van der Waals surface area contributed by atoms with Gasteiger partial charge in [0.05, 0.1) is 0 Å². The second kappa shape index (κ2) is 5.13. The third-order valence-electron chi connectivity index (χ3n) is 2.02. The number of carbonyl (C=O) groups is 2. The molecule has 1 unspecified atom stereocenters. The van der Waals surface area contributed by atoms with Crippen LogP contribution in [0.25, 0.3) is 0 Å². The molecule has 0 aliphatic carbocycles. The molecule has 1 amide bonds. The number of rotatable bonds is 5. The summed E-state index contributed by atoms with van der Waals surface area (Å²) in [5, 5.41) is 8.57. The first-order chi connectivity index (χ1) is 7.16. The van der Waals surface area contributed by atoms with Crippen molar-refractivity contribution in [1.29, 1.82) is 0 Å². The Balaban J connectivity index is 4.92. The van der Waals surface area contributed by atoms with E-state index in [0.717, 1.165) is 7.05 Å². The lowest BCUT2D eigenvalue weighted by molar-refractivity contribution is -0.183. The molecular formula is C8H11F4NO3. The van der Waals surface area contributed by atoms with Gasteiger partial charge in [-0.15, -0.1) is 0 Å². The van der Waals surface area contributed by atoms with Gasteiger partial charge in [0.2, 0.25) is 0 Å². The van der Waals surface area contributed by atoms with Crippen molar-refractivity contribution in [2.75, 3.05) is 7.05 Å². The molecule has 94 valence electrons. The van der Waals surface area contributed by atoms with Crippen molar-refractivity contribution in [3.8, 4) is 0 Å². The fourth-order valence-electron chi connectivity index (χ4n) is 1.08. The maximum atomic E-state index is 12.6. The lowest BCUT2D eigenvalue weighted by atomic mass is 10.2. The van der Waals surface area contributed by atoms with Gasteiger partial charge in [0, 0.05) is 7.05 Å². The maximum Gasteiger partial charge on any atom is 0.383 e. The number of amides is 1. The van der Waals surface area contributed by atoms with Crippen LogP contribution in [0, 0.1) is 0 Å². The molecule has 0 aliphatic rings. The Morgan fingerprint density at radius 3 is 2.06 bits per heavy atom. The Labute approximate surface area is 88.8 Å². The summed E-state index contributed by atoms with van der Waals surface area (Å²) in [7, 11) is 0.751. The van der Waals surface area contributed by atoms with Crippen LogP contribution >= 0.6 is 0 Å². The molecule has 0 aliphatic heterocycles. The van der Waals surface area contributed by atoms with Gasteiger partial charge in [0.1, 0.15) is 6.04 Å². The van der Waals surface area contributed by atoms with E-state index >= 15 is 0 Å². The van der Waals surface area contributed by atoms with E-state index in [1.54, 1.807) is 0 Å². The van der Waals surface area contributed by atoms with Crippen LogP contribution in [0.4, 0.5) is 17.6 Å². The normalized spacial score (nSPS) is 13.7. The molecular weight excluding hydrogens is 234 g/mol. The molecule has 4 nitrogen and oxygen atoms in total. The largest absolute Gasteiger partial charge is 0.480 e. The van der Waals surface area contributed by atoms with E-state index < -0.39 is 30.3 Å². The second-order valence-corrected chi connectivity index (χ2v) is 3.10. The van der Waals surface area contributed by atoms with Crippen LogP contribution in [-0.2, 0) is 9.59 Å². The van der Waals surface area contributed by atoms with Gasteiger partial charge in [0.15, 0.2) is 0 Å². The van der Waals surface area contributed by atoms with Crippen molar-refractivity contribution in [3.63, 3.8) is 0 Å². The zero-order chi connectivity index (χ0) is 13.1. The Hall–Kier alpha value is -1.34. The molecule has 8 heteroatoms. The highest BCUT2D eigenvalue weighted by Crippen LogP contribution is 2.26. The number of alkyl halides is 4. The minimum atomic E-state index is -4.86. The van der Waals surface area contributed by atoms with E-state index in [4.69, 9.17) is 5.11 Å². The van der Waals surface area contributed by atoms with Crippen molar-refractivity contribution >= 4 is 11.9 Å². The molecule has 0 aromatic carbocycles. The lowest BCUT2D eigenvalue weighted by Gasteiger charge is -2.27. The van der Waals surface area contributed by atoms with E-state index in [9.17, 15) is 27.2 Å². The van der Waals surface area contributed by atoms with Crippen LogP contribution < -0.4 is 0 Å². The van der Waals surface area contributed by atoms with Gasteiger partial charge in [-0.2, -0.15) is 8.78 Å². The van der Waals surface area contributed by atoms with Gasteiger partial charge in [-0.25, -0.2) is 13.6 Å². The number of likely N-dealkylation sites (N-methyl/N-ethyl adjacent to an activating group) is 1. The summed E-state index contributed by atoms with van der Waals surface area (Å²) in [6.45, 7) is 1.34. The number of carboxylic acids is 1. The highest BCUT2D eigenvalue weighted by molar-refractivity contribution is 5.88. The summed E-state index contributed by atoms with van der Waals surface area (Å²) in [4.78, 5) is 21.6. The van der Waals surface area contributed by atoms with Crippen LogP contribution in [0.15, 0.2) is 0 Å². The van der Waals surface area contributed by atoms with Crippen molar-refractivity contribution < 1.29 is 32.3 Å². The number of carbonyl (C=O) groups excluding carboxylic acids is 1. The molecule has 0 spiro atoms. The van der Waals surface area contributed by atoms with Gasteiger partial charge in [-0.1, -0.05) is 6.92 Å². The molecule has 0 aromatic rings. The average Bonchev–Trinajstić information content (AvgIpc) is 2.16. The third kappa shape index (κ3) is 2.83. The smallest absolute Gasteiger partial charge is 0.383 e. The number of hydrogen-bond acceptors (Lipinski definition) is 2. The molecule has 0 aromatic heterocycles. The monoisotopic (exact) mass is 245 g/mol. The number of halogens is 4. The highest BCUT2D eigenvalue weighted by atomic mass is 19.3. The Bertz CT molecular complexity index is 282. The van der Waals surface area contributed by atoms with Crippen LogP contribution in [0.3, 0.4) is 0 Å². The van der Waals surface area contributed by atoms with Crippen LogP contribution in [0.1, 0.15) is 13.3 Å². The van der Waals surface area contributed by atoms with E-state index in [0.29, 0.717) is 0 Å². The summed E-state index contributed by atoms with van der Waals surface area (Å²) < 4.78 is 48.9. The van der Waals surface area contributed by atoms with Crippen molar-refractivity contribution in [3.05, 3.63) is 0 Å². The minimum Gasteiger partial charge on any atom is -0.480 e. The molecule has 0 bridgehead atoms. The van der Waals surface area contributed by atoms with Crippen LogP contribution in [0.5, 0.6) is 0 Å². The number of aliphatic carboxylic acids is 1. The fraction of sp³-hybridized carbons (Fsp3) is 0.750. The summed E-state index contributed by atoms with van der Waals surface area (Å²) in [6, 6.07) is -1.54. The van der Waals surface area contributed by atoms with E-state index in [1.807, 2.05) is 0 Å². The number of hydrogen-bond donors (Lipinski definition) is 1. The Kier molecular flexibility index (Phi) is 4.70. The van der Waals surface area contributed by atoms with Gasteiger partial charge >= 0.3 is 18.3 Å². The molecule has 0 saturated heterocycles. The zero-order valence-corrected chi connectivity index (χ0v) is 8.58. The van der Waals surface area contributed by atoms with Crippen molar-refractivity contribution in [2.45, 2.75) is 31.7 Å². The predicted molar refractivity (Wildman–Crippen MR) is 45.4 cm³/mol. The van der Waals surface area contributed by atoms with E-state index in [-0.39, 0.29) is 11.3 Å². The molecule has 0 fully saturated rings. The van der Waals surface area contributed by atoms with Crippen LogP contribution in [0.2, 0.25) is 0 Å². The molecule has 0 rings (SSSR count). The number of carboxylic acid groups (broad SMARTS) is 1. The molecule has 16 heavy (non-hydrogen) atoms. The molecule has 1 N–H and O–H groups in total. The Morgan fingerprint density at radius 1 is 1.38 bits per heavy atom. The van der Waals surface area contributed by atoms with Gasteiger partial charge in [0.25, 0.3) is 5.91 Å². The lowest BCUT2D eigenvalue weighted by Crippen LogP contribution is -2.51. The van der Waals surface area contributed by atoms with Crippen molar-refractivity contribution in [2.24, 2.45) is 0 Å². The maximum absolute atomic E-state index is 12.6. The topological polar surface area (TPSA) is 57.6 Å². The summed E-state index contributed by atoms with van der Waals surface area (Å²) in [5.74, 6) is -8.59. The number of nitrogens with zero attached hydrogens (tertiary/aromatic N) is 1. The first kappa shape index (κ1) is 14.7. The summed E-state index contributed by atoms with van der Waals surface area (Å²) in [6.07, 6.45) is -4.31. The first-order valence-electron chi connectivity index (χ1n) is 4.32. The summed E-state index contributed by atoms with van der Waals surface area (Å²) >= 11 is 0. The van der Waals surface area contributed by atoms with E-state index in [2.05, 4.69) is 0 Å². The zero-order valence-electron chi connectivity index (χ0n) is 8.58. The summed E-state index contributed by atoms with van der Waals surface area (Å²) in [5.41, 5.74) is 0. The predicted octanol–water partition coefficient (Wildman–Crippen LogP) is 1.21. The SMILES string of the molecule is CCC(C(=O)O)N(C)C(=O)C(F)(F)C(F)F. The second-order valence-electron chi connectivity index (χ2n) is 3.10. The van der Waals surface area contributed by atoms with Crippen LogP contribution in [-0.4, -0.2) is 47.3 Å². The highest BCUT2D eigenvalue weighted by Gasteiger charge is 2.51. The van der Waals surface area contributed by atoms with Gasteiger partial charge < -0.3 is 10.0 Å². The fourth-order valence-corrected chi connectivity index (χ4v) is 1.08.